The molecule has 1 amide bonds. The van der Waals surface area contributed by atoms with Crippen molar-refractivity contribution in [2.24, 2.45) is 0 Å². The first kappa shape index (κ1) is 28.2. The molecular formula is C26H26Cl2IN6O3P. The molecule has 39 heavy (non-hydrogen) atoms. The third kappa shape index (κ3) is 5.63. The highest BCUT2D eigenvalue weighted by Gasteiger charge is 2.22. The first-order chi connectivity index (χ1) is 18.8. The zero-order chi connectivity index (χ0) is 27.7. The zero-order valence-electron chi connectivity index (χ0n) is 21.5. The van der Waals surface area contributed by atoms with E-state index in [0.29, 0.717) is 55.2 Å². The normalized spacial score (nSPS) is 14.4. The van der Waals surface area contributed by atoms with Crippen LogP contribution in [0.4, 0.5) is 11.5 Å². The monoisotopic (exact) mass is 698 g/mol. The second-order valence-corrected chi connectivity index (χ2v) is 11.8. The summed E-state index contributed by atoms with van der Waals surface area (Å²) in [4.78, 5) is 22.6. The second kappa shape index (κ2) is 12.0. The molecule has 1 unspecified atom stereocenters. The molecule has 1 N–H and O–H groups in total. The van der Waals surface area contributed by atoms with Crippen molar-refractivity contribution < 1.29 is 14.3 Å². The smallest absolute Gasteiger partial charge is 0.256 e. The number of carbonyl (C=O) groups is 1. The number of halogens is 3. The Morgan fingerprint density at radius 2 is 1.64 bits per heavy atom. The van der Waals surface area contributed by atoms with E-state index in [-0.39, 0.29) is 12.3 Å². The lowest BCUT2D eigenvalue weighted by Gasteiger charge is -2.34. The van der Waals surface area contributed by atoms with E-state index in [1.807, 2.05) is 30.3 Å². The van der Waals surface area contributed by atoms with E-state index in [1.54, 1.807) is 16.6 Å². The lowest BCUT2D eigenvalue weighted by atomic mass is 10.1. The van der Waals surface area contributed by atoms with Crippen molar-refractivity contribution in [2.45, 2.75) is 0 Å². The van der Waals surface area contributed by atoms with Crippen LogP contribution in [0.5, 0.6) is 11.5 Å². The molecule has 1 saturated heterocycles. The van der Waals surface area contributed by atoms with Crippen molar-refractivity contribution in [1.82, 2.24) is 19.4 Å². The van der Waals surface area contributed by atoms with Gasteiger partial charge in [0, 0.05) is 49.1 Å². The number of fused-ring (bicyclic) bond motifs is 1. The van der Waals surface area contributed by atoms with Crippen LogP contribution in [0.25, 0.3) is 22.3 Å². The number of piperazine rings is 1. The van der Waals surface area contributed by atoms with Gasteiger partial charge in [-0.3, -0.25) is 4.79 Å². The Hall–Kier alpha value is -2.37. The molecule has 0 spiro atoms. The van der Waals surface area contributed by atoms with Gasteiger partial charge in [0.05, 0.1) is 41.7 Å². The van der Waals surface area contributed by atoms with Gasteiger partial charge >= 0.3 is 0 Å². The second-order valence-electron chi connectivity index (χ2n) is 8.99. The topological polar surface area (TPSA) is 84.8 Å². The predicted molar refractivity (Wildman–Crippen MR) is 168 cm³/mol. The maximum absolute atomic E-state index is 13.1. The largest absolute Gasteiger partial charge is 0.495 e. The summed E-state index contributed by atoms with van der Waals surface area (Å²) in [5.41, 5.74) is 3.28. The molecule has 13 heteroatoms. The van der Waals surface area contributed by atoms with Crippen molar-refractivity contribution in [2.75, 3.05) is 57.7 Å². The Morgan fingerprint density at radius 3 is 2.23 bits per heavy atom. The molecule has 3 heterocycles. The van der Waals surface area contributed by atoms with Crippen LogP contribution in [0.3, 0.4) is 0 Å². The van der Waals surface area contributed by atoms with Gasteiger partial charge in [-0.15, -0.1) is 5.10 Å². The number of hydrogen-bond donors (Lipinski definition) is 1. The number of likely N-dealkylation sites (N-methyl/N-ethyl adjacent to an activating group) is 1. The minimum atomic E-state index is -0.240. The summed E-state index contributed by atoms with van der Waals surface area (Å²) in [5.74, 6) is 1.04. The van der Waals surface area contributed by atoms with Crippen molar-refractivity contribution in [3.63, 3.8) is 0 Å². The van der Waals surface area contributed by atoms with Gasteiger partial charge in [-0.25, -0.2) is 9.44 Å². The van der Waals surface area contributed by atoms with E-state index in [9.17, 15) is 4.79 Å². The Morgan fingerprint density at radius 1 is 1.00 bits per heavy atom. The highest BCUT2D eigenvalue weighted by molar-refractivity contribution is 14.2. The maximum atomic E-state index is 13.1. The van der Waals surface area contributed by atoms with Crippen LogP contribution < -0.4 is 19.7 Å². The number of hydrogen-bond acceptors (Lipinski definition) is 7. The molecule has 0 aliphatic carbocycles. The van der Waals surface area contributed by atoms with Crippen molar-refractivity contribution in [1.29, 1.82) is 0 Å². The average molecular weight is 699 g/mol. The number of nitrogens with one attached hydrogen (secondary N) is 1. The van der Waals surface area contributed by atoms with Crippen molar-refractivity contribution in [3.05, 3.63) is 58.1 Å². The number of benzene rings is 2. The SMILES string of the molecule is COc1cc(OC)c(Cl)c(-c2ccc3c(NC(=O)c4ccc(N5CCN(C)CC5)cc4)nn(PI)c3n2)c1Cl. The minimum absolute atomic E-state index is 0.240. The number of rotatable bonds is 7. The van der Waals surface area contributed by atoms with Crippen molar-refractivity contribution >= 4 is 80.1 Å². The number of aromatic nitrogens is 3. The fourth-order valence-electron chi connectivity index (χ4n) is 4.46. The number of nitrogens with zero attached hydrogens (tertiary/aromatic N) is 5. The van der Waals surface area contributed by atoms with Gasteiger partial charge in [0.1, 0.15) is 11.5 Å². The fourth-order valence-corrected chi connectivity index (χ4v) is 6.56. The fraction of sp³-hybridized carbons (Fsp3) is 0.269. The number of pyridine rings is 1. The molecule has 204 valence electrons. The van der Waals surface area contributed by atoms with Crippen LogP contribution >= 0.6 is 51.6 Å². The third-order valence-electron chi connectivity index (χ3n) is 6.67. The number of ether oxygens (including phenoxy) is 2. The first-order valence-corrected chi connectivity index (χ1v) is 16.9. The van der Waals surface area contributed by atoms with Gasteiger partial charge in [0.2, 0.25) is 0 Å². The molecule has 1 aliphatic heterocycles. The van der Waals surface area contributed by atoms with Crippen LogP contribution in [0.15, 0.2) is 42.5 Å². The van der Waals surface area contributed by atoms with Gasteiger partial charge in [-0.05, 0) is 65.5 Å². The standard InChI is InChI=1S/C26H26Cl2IN6O3P/c1-33-10-12-34(13-11-33)16-6-4-15(5-7-16)26(36)31-24-17-8-9-18(30-25(17)35(32-24)39-29)21-22(27)19(37-2)14-20(38-3)23(21)28/h4-9,14,39H,10-13H2,1-3H3,(H,31,32,36). The van der Waals surface area contributed by atoms with Gasteiger partial charge in [-0.2, -0.15) is 0 Å². The Balaban J connectivity index is 1.44. The van der Waals surface area contributed by atoms with Crippen LogP contribution in [0.1, 0.15) is 10.4 Å². The quantitative estimate of drug-likeness (QED) is 0.181. The van der Waals surface area contributed by atoms with Crippen LogP contribution in [-0.4, -0.2) is 72.8 Å². The average Bonchev–Trinajstić information content (AvgIpc) is 3.30. The number of anilines is 2. The van der Waals surface area contributed by atoms with Crippen LogP contribution in [0.2, 0.25) is 10.0 Å². The number of amides is 1. The van der Waals surface area contributed by atoms with E-state index in [0.717, 1.165) is 31.9 Å². The van der Waals surface area contributed by atoms with E-state index in [1.165, 1.54) is 14.2 Å². The number of carbonyl (C=O) groups excluding carboxylic acids is 1. The summed E-state index contributed by atoms with van der Waals surface area (Å²) in [5, 5.41) is 8.93. The van der Waals surface area contributed by atoms with Crippen molar-refractivity contribution in [3.8, 4) is 22.8 Å². The predicted octanol–water partition coefficient (Wildman–Crippen LogP) is 6.22. The lowest BCUT2D eigenvalue weighted by molar-refractivity contribution is 0.102. The number of methoxy groups -OCH3 is 2. The summed E-state index contributed by atoms with van der Waals surface area (Å²) >= 11 is 15.5. The molecule has 5 rings (SSSR count). The first-order valence-electron chi connectivity index (χ1n) is 12.1. The molecule has 1 aliphatic rings. The van der Waals surface area contributed by atoms with Crippen LogP contribution in [0, 0.1) is 0 Å². The molecular weight excluding hydrogens is 673 g/mol. The summed E-state index contributed by atoms with van der Waals surface area (Å²) in [6.07, 6.45) is 0.248. The molecule has 0 radical (unpaired) electrons. The molecule has 1 fully saturated rings. The van der Waals surface area contributed by atoms with E-state index < -0.39 is 0 Å². The van der Waals surface area contributed by atoms with E-state index in [2.05, 4.69) is 49.3 Å². The molecule has 2 aromatic carbocycles. The van der Waals surface area contributed by atoms with Gasteiger partial charge in [0.15, 0.2) is 11.5 Å². The van der Waals surface area contributed by atoms with Gasteiger partial charge in [-0.1, -0.05) is 23.2 Å². The molecule has 1 atom stereocenters. The molecule has 0 bridgehead atoms. The summed E-state index contributed by atoms with van der Waals surface area (Å²) in [6.45, 7) is 3.98. The highest BCUT2D eigenvalue weighted by Crippen LogP contribution is 2.46. The molecule has 0 saturated carbocycles. The Bertz CT molecular complexity index is 1500. The summed E-state index contributed by atoms with van der Waals surface area (Å²) in [6, 6.07) is 12.9. The Labute approximate surface area is 251 Å². The third-order valence-corrected chi connectivity index (χ3v) is 9.26. The lowest BCUT2D eigenvalue weighted by Crippen LogP contribution is -2.44. The molecule has 4 aromatic rings. The van der Waals surface area contributed by atoms with Gasteiger partial charge < -0.3 is 24.6 Å². The maximum Gasteiger partial charge on any atom is 0.256 e. The summed E-state index contributed by atoms with van der Waals surface area (Å²) < 4.78 is 12.6. The van der Waals surface area contributed by atoms with Gasteiger partial charge in [0.25, 0.3) is 5.91 Å². The van der Waals surface area contributed by atoms with E-state index >= 15 is 0 Å². The minimum Gasteiger partial charge on any atom is -0.495 e. The zero-order valence-corrected chi connectivity index (χ0v) is 26.1. The molecule has 9 nitrogen and oxygen atoms in total. The summed E-state index contributed by atoms with van der Waals surface area (Å²) in [7, 11) is 5.18. The van der Waals surface area contributed by atoms with E-state index in [4.69, 9.17) is 37.7 Å². The Kier molecular flexibility index (Phi) is 8.68. The van der Waals surface area contributed by atoms with Crippen LogP contribution in [-0.2, 0) is 0 Å². The highest BCUT2D eigenvalue weighted by atomic mass is 127. The molecule has 2 aromatic heterocycles.